The second-order valence-electron chi connectivity index (χ2n) is 9.39. The highest BCUT2D eigenvalue weighted by molar-refractivity contribution is 5.79. The van der Waals surface area contributed by atoms with Crippen LogP contribution >= 0.6 is 0 Å². The van der Waals surface area contributed by atoms with Crippen LogP contribution < -0.4 is 10.5 Å². The first kappa shape index (κ1) is 20.2. The number of rotatable bonds is 3. The third-order valence-electron chi connectivity index (χ3n) is 7.06. The zero-order chi connectivity index (χ0) is 21.5. The molecule has 0 radical (unpaired) electrons. The predicted molar refractivity (Wildman–Crippen MR) is 125 cm³/mol. The topological polar surface area (TPSA) is 70.1 Å². The van der Waals surface area contributed by atoms with E-state index >= 15 is 0 Å². The summed E-state index contributed by atoms with van der Waals surface area (Å²) in [5, 5.41) is 4.74. The molecule has 3 aromatic rings. The van der Waals surface area contributed by atoms with E-state index < -0.39 is 0 Å². The number of anilines is 1. The van der Waals surface area contributed by atoms with Gasteiger partial charge in [0.25, 0.3) is 5.56 Å². The lowest BCUT2D eigenvalue weighted by molar-refractivity contribution is 0.278. The number of hydrogen-bond donors (Lipinski definition) is 1. The minimum atomic E-state index is -0.0950. The Kier molecular flexibility index (Phi) is 5.30. The van der Waals surface area contributed by atoms with Gasteiger partial charge in [0.1, 0.15) is 11.3 Å². The molecule has 31 heavy (non-hydrogen) atoms. The van der Waals surface area contributed by atoms with Crippen molar-refractivity contribution in [3.8, 4) is 11.4 Å². The van der Waals surface area contributed by atoms with Crippen LogP contribution in [0.2, 0.25) is 0 Å². The Hall–Kier alpha value is -2.67. The van der Waals surface area contributed by atoms with Crippen molar-refractivity contribution in [2.24, 2.45) is 5.92 Å². The van der Waals surface area contributed by atoms with Gasteiger partial charge in [-0.1, -0.05) is 6.92 Å². The number of benzene rings is 1. The van der Waals surface area contributed by atoms with E-state index in [0.717, 1.165) is 61.7 Å². The molecule has 0 unspecified atom stereocenters. The maximum absolute atomic E-state index is 13.1. The van der Waals surface area contributed by atoms with Gasteiger partial charge in [-0.25, -0.2) is 4.98 Å². The van der Waals surface area contributed by atoms with E-state index in [0.29, 0.717) is 17.4 Å². The minimum absolute atomic E-state index is 0.0950. The van der Waals surface area contributed by atoms with Crippen LogP contribution in [-0.2, 0) is 0 Å². The van der Waals surface area contributed by atoms with Gasteiger partial charge in [-0.2, -0.15) is 5.10 Å². The largest absolute Gasteiger partial charge is 0.369 e. The molecule has 1 aliphatic carbocycles. The molecule has 1 aliphatic heterocycles. The molecule has 7 heteroatoms. The third-order valence-corrected chi connectivity index (χ3v) is 7.06. The molecule has 1 saturated heterocycles. The molecule has 0 spiro atoms. The molecule has 2 fully saturated rings. The summed E-state index contributed by atoms with van der Waals surface area (Å²) in [6.07, 6.45) is 4.53. The Labute approximate surface area is 183 Å². The zero-order valence-corrected chi connectivity index (χ0v) is 18.8. The third kappa shape index (κ3) is 3.87. The Balaban J connectivity index is 1.45. The highest BCUT2D eigenvalue weighted by Crippen LogP contribution is 2.33. The van der Waals surface area contributed by atoms with Gasteiger partial charge >= 0.3 is 0 Å². The first-order valence-electron chi connectivity index (χ1n) is 11.5. The number of aromatic amines is 1. The maximum atomic E-state index is 13.1. The fourth-order valence-electron chi connectivity index (χ4n) is 4.97. The van der Waals surface area contributed by atoms with Gasteiger partial charge in [0.15, 0.2) is 5.52 Å². The first-order chi connectivity index (χ1) is 15.0. The summed E-state index contributed by atoms with van der Waals surface area (Å²) in [5.74, 6) is 1.37. The highest BCUT2D eigenvalue weighted by atomic mass is 16.1. The molecule has 2 aromatic heterocycles. The molecule has 164 valence electrons. The Morgan fingerprint density at radius 2 is 1.68 bits per heavy atom. The number of hydrogen-bond acceptors (Lipinski definition) is 5. The molecular weight excluding hydrogens is 388 g/mol. The van der Waals surface area contributed by atoms with E-state index in [2.05, 4.69) is 53.0 Å². The molecule has 1 aromatic carbocycles. The molecule has 1 N–H and O–H groups in total. The van der Waals surface area contributed by atoms with Gasteiger partial charge in [0.2, 0.25) is 0 Å². The first-order valence-corrected chi connectivity index (χ1v) is 11.5. The average Bonchev–Trinajstić information content (AvgIpc) is 3.12. The second kappa shape index (κ2) is 8.11. The van der Waals surface area contributed by atoms with Crippen molar-refractivity contribution in [2.75, 3.05) is 38.1 Å². The quantitative estimate of drug-likeness (QED) is 0.701. The van der Waals surface area contributed by atoms with Crippen LogP contribution in [0.25, 0.3) is 22.4 Å². The normalized spacial score (nSPS) is 22.9. The number of piperazine rings is 1. The van der Waals surface area contributed by atoms with E-state index in [1.54, 1.807) is 0 Å². The monoisotopic (exact) mass is 420 g/mol. The van der Waals surface area contributed by atoms with Gasteiger partial charge in [-0.05, 0) is 69.8 Å². The molecule has 0 amide bonds. The van der Waals surface area contributed by atoms with Gasteiger partial charge < -0.3 is 14.8 Å². The van der Waals surface area contributed by atoms with Crippen LogP contribution in [-0.4, -0.2) is 57.9 Å². The smallest absolute Gasteiger partial charge is 0.277 e. The second-order valence-corrected chi connectivity index (χ2v) is 9.39. The fourth-order valence-corrected chi connectivity index (χ4v) is 4.97. The number of likely N-dealkylation sites (N-methyl/N-ethyl adjacent to an activating group) is 1. The summed E-state index contributed by atoms with van der Waals surface area (Å²) in [5.41, 5.74) is 4.22. The van der Waals surface area contributed by atoms with Gasteiger partial charge in [0.05, 0.1) is 11.7 Å². The molecular formula is C24H32N6O. The molecule has 3 heterocycles. The molecule has 1 saturated carbocycles. The van der Waals surface area contributed by atoms with Crippen LogP contribution in [0, 0.1) is 12.8 Å². The lowest BCUT2D eigenvalue weighted by atomic mass is 9.87. The Morgan fingerprint density at radius 3 is 2.35 bits per heavy atom. The lowest BCUT2D eigenvalue weighted by Gasteiger charge is -2.34. The Bertz CT molecular complexity index is 1120. The summed E-state index contributed by atoms with van der Waals surface area (Å²) >= 11 is 0. The van der Waals surface area contributed by atoms with Crippen molar-refractivity contribution in [3.63, 3.8) is 0 Å². The fraction of sp³-hybridized carbons (Fsp3) is 0.542. The van der Waals surface area contributed by atoms with Gasteiger partial charge in [-0.15, -0.1) is 0 Å². The molecule has 0 bridgehead atoms. The summed E-state index contributed by atoms with van der Waals surface area (Å²) < 4.78 is 1.95. The summed E-state index contributed by atoms with van der Waals surface area (Å²) in [6, 6.07) is 8.67. The SMILES string of the molecule is Cc1nn(C2CCC(C)CC2)c2c(=O)[nH]c(-c3ccc(N4CCN(C)CC4)cc3)nc12. The summed E-state index contributed by atoms with van der Waals surface area (Å²) in [4.78, 5) is 25.7. The van der Waals surface area contributed by atoms with E-state index in [1.807, 2.05) is 11.6 Å². The summed E-state index contributed by atoms with van der Waals surface area (Å²) in [6.45, 7) is 8.49. The van der Waals surface area contributed by atoms with E-state index in [9.17, 15) is 4.79 Å². The van der Waals surface area contributed by atoms with Crippen molar-refractivity contribution >= 4 is 16.7 Å². The number of aryl methyl sites for hydroxylation is 1. The molecule has 5 rings (SSSR count). The van der Waals surface area contributed by atoms with Crippen molar-refractivity contribution in [2.45, 2.75) is 45.6 Å². The van der Waals surface area contributed by atoms with E-state index in [1.165, 1.54) is 18.5 Å². The summed E-state index contributed by atoms with van der Waals surface area (Å²) in [7, 11) is 2.16. The number of fused-ring (bicyclic) bond motifs is 1. The van der Waals surface area contributed by atoms with E-state index in [-0.39, 0.29) is 5.56 Å². The lowest BCUT2D eigenvalue weighted by Crippen LogP contribution is -2.44. The Morgan fingerprint density at radius 1 is 1.00 bits per heavy atom. The maximum Gasteiger partial charge on any atom is 0.277 e. The molecule has 0 atom stereocenters. The minimum Gasteiger partial charge on any atom is -0.369 e. The zero-order valence-electron chi connectivity index (χ0n) is 18.8. The van der Waals surface area contributed by atoms with Crippen molar-refractivity contribution in [1.82, 2.24) is 24.6 Å². The standard InChI is InChI=1S/C24H32N6O/c1-16-4-8-20(9-5-16)30-22-21(17(2)27-30)25-23(26-24(22)31)18-6-10-19(11-7-18)29-14-12-28(3)13-15-29/h6-7,10-11,16,20H,4-5,8-9,12-15H2,1-3H3,(H,25,26,31). The van der Waals surface area contributed by atoms with Crippen LogP contribution in [0.15, 0.2) is 29.1 Å². The van der Waals surface area contributed by atoms with Crippen molar-refractivity contribution in [3.05, 3.63) is 40.3 Å². The van der Waals surface area contributed by atoms with Crippen LogP contribution in [0.3, 0.4) is 0 Å². The van der Waals surface area contributed by atoms with E-state index in [4.69, 9.17) is 10.1 Å². The molecule has 7 nitrogen and oxygen atoms in total. The average molecular weight is 421 g/mol. The molecule has 2 aliphatic rings. The van der Waals surface area contributed by atoms with Crippen molar-refractivity contribution in [1.29, 1.82) is 0 Å². The van der Waals surface area contributed by atoms with Crippen molar-refractivity contribution < 1.29 is 0 Å². The van der Waals surface area contributed by atoms with Gasteiger partial charge in [-0.3, -0.25) is 9.48 Å². The van der Waals surface area contributed by atoms with Crippen LogP contribution in [0.5, 0.6) is 0 Å². The number of nitrogens with one attached hydrogen (secondary N) is 1. The number of H-pyrrole nitrogens is 1. The van der Waals surface area contributed by atoms with Gasteiger partial charge in [0, 0.05) is 37.4 Å². The number of aromatic nitrogens is 4. The highest BCUT2D eigenvalue weighted by Gasteiger charge is 2.25. The predicted octanol–water partition coefficient (Wildman–Crippen LogP) is 3.60. The number of nitrogens with zero attached hydrogens (tertiary/aromatic N) is 5. The van der Waals surface area contributed by atoms with Crippen LogP contribution in [0.1, 0.15) is 44.3 Å². The van der Waals surface area contributed by atoms with Crippen LogP contribution in [0.4, 0.5) is 5.69 Å².